The number of esters is 1. The highest BCUT2D eigenvalue weighted by atomic mass is 16.5. The van der Waals surface area contributed by atoms with Crippen molar-refractivity contribution >= 4 is 11.8 Å². The minimum atomic E-state index is -0.299. The number of allylic oxidation sites excluding steroid dienone is 1. The van der Waals surface area contributed by atoms with Gasteiger partial charge in [-0.3, -0.25) is 9.59 Å². The molecule has 0 aliphatic heterocycles. The highest BCUT2D eigenvalue weighted by molar-refractivity contribution is 5.94. The summed E-state index contributed by atoms with van der Waals surface area (Å²) in [5, 5.41) is 0. The van der Waals surface area contributed by atoms with Gasteiger partial charge in [0, 0.05) is 11.8 Å². The molecule has 0 unspecified atom stereocenters. The van der Waals surface area contributed by atoms with Crippen LogP contribution < -0.4 is 0 Å². The molecule has 3 nitrogen and oxygen atoms in total. The Labute approximate surface area is 95.9 Å². The molecule has 2 aliphatic rings. The summed E-state index contributed by atoms with van der Waals surface area (Å²) in [6.45, 7) is 6.14. The summed E-state index contributed by atoms with van der Waals surface area (Å²) in [5.41, 5.74) is 0.692. The number of carbonyl (C=O) groups excluding carboxylic acids is 2. The highest BCUT2D eigenvalue weighted by Gasteiger charge is 2.53. The molecule has 1 saturated carbocycles. The third kappa shape index (κ3) is 1.49. The van der Waals surface area contributed by atoms with E-state index in [4.69, 9.17) is 4.74 Å². The van der Waals surface area contributed by atoms with Crippen molar-refractivity contribution in [1.29, 1.82) is 0 Å². The van der Waals surface area contributed by atoms with E-state index in [1.165, 1.54) is 0 Å². The number of Topliss-reactive ketones (excluding diaryl/α,β-unsaturated/α-hetero) is 1. The first-order chi connectivity index (χ1) is 7.49. The van der Waals surface area contributed by atoms with Crippen LogP contribution in [0.25, 0.3) is 0 Å². The third-order valence-electron chi connectivity index (χ3n) is 4.05. The molecule has 0 heterocycles. The Kier molecular flexibility index (Phi) is 2.64. The maximum absolute atomic E-state index is 11.7. The molecule has 2 aliphatic carbocycles. The summed E-state index contributed by atoms with van der Waals surface area (Å²) >= 11 is 0. The van der Waals surface area contributed by atoms with Crippen molar-refractivity contribution in [3.63, 3.8) is 0 Å². The van der Waals surface area contributed by atoms with Crippen LogP contribution in [0.15, 0.2) is 11.6 Å². The second-order valence-corrected chi connectivity index (χ2v) is 5.04. The van der Waals surface area contributed by atoms with Crippen LogP contribution in [0, 0.1) is 17.3 Å². The fourth-order valence-corrected chi connectivity index (χ4v) is 2.85. The second-order valence-electron chi connectivity index (χ2n) is 5.04. The van der Waals surface area contributed by atoms with Gasteiger partial charge < -0.3 is 4.74 Å². The van der Waals surface area contributed by atoms with Crippen LogP contribution in [0.5, 0.6) is 0 Å². The van der Waals surface area contributed by atoms with Crippen molar-refractivity contribution in [3.05, 3.63) is 11.6 Å². The maximum atomic E-state index is 11.7. The number of fused-ring (bicyclic) bond motifs is 1. The van der Waals surface area contributed by atoms with E-state index < -0.39 is 0 Å². The molecule has 0 aromatic rings. The molecule has 16 heavy (non-hydrogen) atoms. The SMILES string of the molecule is CCOC(=O)[C@H]1C[C@@H]2CC(=O)[C@]2(C)C=C1C. The maximum Gasteiger partial charge on any atom is 0.313 e. The molecule has 0 N–H and O–H groups in total. The monoisotopic (exact) mass is 222 g/mol. The summed E-state index contributed by atoms with van der Waals surface area (Å²) in [6, 6.07) is 0. The molecule has 0 amide bonds. The second kappa shape index (κ2) is 3.72. The molecular weight excluding hydrogens is 204 g/mol. The molecule has 88 valence electrons. The minimum absolute atomic E-state index is 0.133. The number of rotatable bonds is 2. The van der Waals surface area contributed by atoms with Crippen LogP contribution in [0.1, 0.15) is 33.6 Å². The van der Waals surface area contributed by atoms with Crippen molar-refractivity contribution in [2.75, 3.05) is 6.61 Å². The van der Waals surface area contributed by atoms with Gasteiger partial charge in [0.25, 0.3) is 0 Å². The molecule has 3 heteroatoms. The van der Waals surface area contributed by atoms with Gasteiger partial charge in [-0.1, -0.05) is 11.6 Å². The number of ether oxygens (including phenoxy) is 1. The standard InChI is InChI=1S/C13H18O3/c1-4-16-12(15)10-5-9-6-11(14)13(9,3)7-8(10)2/h7,9-10H,4-6H2,1-3H3/t9-,10+,13-/m1/s1. The predicted octanol–water partition coefficient (Wildman–Crippen LogP) is 2.11. The molecule has 0 aromatic heterocycles. The van der Waals surface area contributed by atoms with Gasteiger partial charge in [0.15, 0.2) is 0 Å². The Morgan fingerprint density at radius 3 is 2.88 bits per heavy atom. The topological polar surface area (TPSA) is 43.4 Å². The number of ketones is 1. The first-order valence-electron chi connectivity index (χ1n) is 5.88. The molecule has 0 spiro atoms. The van der Waals surface area contributed by atoms with Crippen molar-refractivity contribution in [2.24, 2.45) is 17.3 Å². The van der Waals surface area contributed by atoms with Crippen LogP contribution in [-0.2, 0) is 14.3 Å². The zero-order valence-electron chi connectivity index (χ0n) is 10.1. The molecule has 0 aromatic carbocycles. The lowest BCUT2D eigenvalue weighted by Gasteiger charge is -2.48. The van der Waals surface area contributed by atoms with Crippen LogP contribution in [0.4, 0.5) is 0 Å². The van der Waals surface area contributed by atoms with Crippen molar-refractivity contribution in [1.82, 2.24) is 0 Å². The predicted molar refractivity (Wildman–Crippen MR) is 59.7 cm³/mol. The minimum Gasteiger partial charge on any atom is -0.466 e. The number of hydrogen-bond acceptors (Lipinski definition) is 3. The molecular formula is C13H18O3. The fourth-order valence-electron chi connectivity index (χ4n) is 2.85. The third-order valence-corrected chi connectivity index (χ3v) is 4.05. The first kappa shape index (κ1) is 11.4. The summed E-state index contributed by atoms with van der Waals surface area (Å²) in [5.74, 6) is 0.362. The van der Waals surface area contributed by atoms with Crippen LogP contribution >= 0.6 is 0 Å². The largest absolute Gasteiger partial charge is 0.466 e. The zero-order valence-corrected chi connectivity index (χ0v) is 10.1. The van der Waals surface area contributed by atoms with Crippen LogP contribution in [0.3, 0.4) is 0 Å². The van der Waals surface area contributed by atoms with Crippen molar-refractivity contribution < 1.29 is 14.3 Å². The van der Waals surface area contributed by atoms with Crippen molar-refractivity contribution in [3.8, 4) is 0 Å². The summed E-state index contributed by atoms with van der Waals surface area (Å²) in [7, 11) is 0. The lowest BCUT2D eigenvalue weighted by atomic mass is 9.54. The number of carbonyl (C=O) groups is 2. The van der Waals surface area contributed by atoms with Gasteiger partial charge in [-0.2, -0.15) is 0 Å². The highest BCUT2D eigenvalue weighted by Crippen LogP contribution is 2.52. The summed E-state index contributed by atoms with van der Waals surface area (Å²) in [6.07, 6.45) is 3.37. The van der Waals surface area contributed by atoms with E-state index >= 15 is 0 Å². The average molecular weight is 222 g/mol. The van der Waals surface area contributed by atoms with Gasteiger partial charge >= 0.3 is 5.97 Å². The van der Waals surface area contributed by atoms with E-state index in [0.29, 0.717) is 24.7 Å². The van der Waals surface area contributed by atoms with Gasteiger partial charge in [-0.05, 0) is 33.1 Å². The summed E-state index contributed by atoms with van der Waals surface area (Å²) in [4.78, 5) is 23.3. The molecule has 0 radical (unpaired) electrons. The molecule has 0 bridgehead atoms. The van der Waals surface area contributed by atoms with Gasteiger partial charge in [0.2, 0.25) is 0 Å². The van der Waals surface area contributed by atoms with E-state index in [0.717, 1.165) is 12.0 Å². The van der Waals surface area contributed by atoms with E-state index in [1.807, 2.05) is 26.8 Å². The van der Waals surface area contributed by atoms with E-state index in [1.54, 1.807) is 0 Å². The molecule has 2 rings (SSSR count). The Morgan fingerprint density at radius 1 is 1.62 bits per heavy atom. The van der Waals surface area contributed by atoms with Crippen molar-refractivity contribution in [2.45, 2.75) is 33.6 Å². The Balaban J connectivity index is 2.19. The van der Waals surface area contributed by atoms with Crippen LogP contribution in [0.2, 0.25) is 0 Å². The zero-order chi connectivity index (χ0) is 11.9. The normalized spacial score (nSPS) is 37.2. The van der Waals surface area contributed by atoms with E-state index in [2.05, 4.69) is 0 Å². The Morgan fingerprint density at radius 2 is 2.31 bits per heavy atom. The van der Waals surface area contributed by atoms with Gasteiger partial charge in [-0.15, -0.1) is 0 Å². The van der Waals surface area contributed by atoms with Gasteiger partial charge in [0.05, 0.1) is 12.5 Å². The van der Waals surface area contributed by atoms with Gasteiger partial charge in [-0.25, -0.2) is 0 Å². The lowest BCUT2D eigenvalue weighted by Crippen LogP contribution is -2.50. The molecule has 3 atom stereocenters. The van der Waals surface area contributed by atoms with E-state index in [-0.39, 0.29) is 17.3 Å². The number of hydrogen-bond donors (Lipinski definition) is 0. The fraction of sp³-hybridized carbons (Fsp3) is 0.692. The Bertz CT molecular complexity index is 369. The first-order valence-corrected chi connectivity index (χ1v) is 5.88. The lowest BCUT2D eigenvalue weighted by molar-refractivity contribution is -0.152. The van der Waals surface area contributed by atoms with Crippen LogP contribution in [-0.4, -0.2) is 18.4 Å². The molecule has 0 saturated heterocycles. The van der Waals surface area contributed by atoms with E-state index in [9.17, 15) is 9.59 Å². The van der Waals surface area contributed by atoms with Gasteiger partial charge in [0.1, 0.15) is 5.78 Å². The smallest absolute Gasteiger partial charge is 0.313 e. The Hall–Kier alpha value is -1.12. The quantitative estimate of drug-likeness (QED) is 0.531. The molecule has 1 fully saturated rings. The average Bonchev–Trinajstić information content (AvgIpc) is 2.22. The summed E-state index contributed by atoms with van der Waals surface area (Å²) < 4.78 is 5.05.